The van der Waals surface area contributed by atoms with Gasteiger partial charge in [-0.15, -0.1) is 11.3 Å². The molecule has 0 bridgehead atoms. The van der Waals surface area contributed by atoms with Crippen molar-refractivity contribution < 1.29 is 4.42 Å². The SMILES string of the molecule is C1=CC2C=Cc3c(c4c5ccccc5ccc4n3-c3cccc4c3oc3cccc(-c5nc(-c6ccccc6)c6c(n5)sc5ccccc56)c34)C2C=C1. The van der Waals surface area contributed by atoms with E-state index in [1.165, 1.54) is 43.0 Å². The summed E-state index contributed by atoms with van der Waals surface area (Å²) in [4.78, 5) is 11.6. The van der Waals surface area contributed by atoms with Crippen LogP contribution in [0.5, 0.6) is 0 Å². The molecule has 4 heterocycles. The highest BCUT2D eigenvalue weighted by molar-refractivity contribution is 7.25. The lowest BCUT2D eigenvalue weighted by Crippen LogP contribution is -2.14. The zero-order valence-corrected chi connectivity index (χ0v) is 29.2. The maximum absolute atomic E-state index is 6.93. The van der Waals surface area contributed by atoms with E-state index in [2.05, 4.69) is 168 Å². The van der Waals surface area contributed by atoms with Gasteiger partial charge >= 0.3 is 0 Å². The van der Waals surface area contributed by atoms with Crippen LogP contribution in [0.25, 0.3) is 98.3 Å². The maximum Gasteiger partial charge on any atom is 0.162 e. The molecule has 12 rings (SSSR count). The van der Waals surface area contributed by atoms with Gasteiger partial charge in [-0.05, 0) is 46.7 Å². The Morgan fingerprint density at radius 2 is 1.43 bits per heavy atom. The first-order valence-corrected chi connectivity index (χ1v) is 18.9. The van der Waals surface area contributed by atoms with E-state index in [1.807, 2.05) is 0 Å². The molecule has 0 aliphatic heterocycles. The fourth-order valence-corrected chi connectivity index (χ4v) is 9.99. The third-order valence-electron chi connectivity index (χ3n) is 11.2. The molecular formula is C48H29N3OS. The molecule has 53 heavy (non-hydrogen) atoms. The molecular weight excluding hydrogens is 667 g/mol. The fourth-order valence-electron chi connectivity index (χ4n) is 8.91. The number of furan rings is 1. The highest BCUT2D eigenvalue weighted by Gasteiger charge is 2.32. The van der Waals surface area contributed by atoms with Crippen LogP contribution in [0.1, 0.15) is 17.2 Å². The van der Waals surface area contributed by atoms with Gasteiger partial charge in [0.05, 0.1) is 22.6 Å². The zero-order valence-electron chi connectivity index (χ0n) is 28.4. The number of nitrogens with zero attached hydrogens (tertiary/aromatic N) is 3. The van der Waals surface area contributed by atoms with Crippen molar-refractivity contribution >= 4 is 81.3 Å². The minimum atomic E-state index is 0.260. The number of benzene rings is 6. The van der Waals surface area contributed by atoms with Crippen molar-refractivity contribution in [3.8, 4) is 28.3 Å². The Balaban J connectivity index is 1.14. The van der Waals surface area contributed by atoms with Gasteiger partial charge in [-0.2, -0.15) is 0 Å². The second-order valence-corrected chi connectivity index (χ2v) is 15.1. The Morgan fingerprint density at radius 3 is 2.38 bits per heavy atom. The maximum atomic E-state index is 6.93. The predicted molar refractivity (Wildman–Crippen MR) is 221 cm³/mol. The van der Waals surface area contributed by atoms with Crippen LogP contribution < -0.4 is 0 Å². The van der Waals surface area contributed by atoms with E-state index in [0.29, 0.717) is 11.7 Å². The average molecular weight is 696 g/mol. The molecule has 4 aromatic heterocycles. The van der Waals surface area contributed by atoms with Gasteiger partial charge in [0.1, 0.15) is 10.4 Å². The predicted octanol–water partition coefficient (Wildman–Crippen LogP) is 13.0. The first kappa shape index (κ1) is 29.1. The van der Waals surface area contributed by atoms with Crippen LogP contribution in [0, 0.1) is 5.92 Å². The van der Waals surface area contributed by atoms with E-state index in [9.17, 15) is 0 Å². The van der Waals surface area contributed by atoms with Crippen LogP contribution in [0.2, 0.25) is 0 Å². The van der Waals surface area contributed by atoms with Crippen molar-refractivity contribution in [3.05, 3.63) is 169 Å². The fraction of sp³-hybridized carbons (Fsp3) is 0.0417. The van der Waals surface area contributed by atoms with Crippen LogP contribution >= 0.6 is 11.3 Å². The number of para-hydroxylation sites is 1. The van der Waals surface area contributed by atoms with Crippen molar-refractivity contribution in [2.75, 3.05) is 0 Å². The lowest BCUT2D eigenvalue weighted by Gasteiger charge is -2.26. The van der Waals surface area contributed by atoms with Crippen molar-refractivity contribution in [2.24, 2.45) is 5.92 Å². The lowest BCUT2D eigenvalue weighted by molar-refractivity contribution is 0.664. The second-order valence-electron chi connectivity index (χ2n) is 14.0. The summed E-state index contributed by atoms with van der Waals surface area (Å²) in [6.07, 6.45) is 13.7. The van der Waals surface area contributed by atoms with Gasteiger partial charge in [0.15, 0.2) is 11.4 Å². The Morgan fingerprint density at radius 1 is 0.623 bits per heavy atom. The highest BCUT2D eigenvalue weighted by Crippen LogP contribution is 2.48. The molecule has 0 radical (unpaired) electrons. The number of rotatable bonds is 3. The van der Waals surface area contributed by atoms with Gasteiger partial charge < -0.3 is 8.98 Å². The van der Waals surface area contributed by atoms with Crippen LogP contribution in [-0.4, -0.2) is 14.5 Å². The first-order valence-electron chi connectivity index (χ1n) is 18.1. The smallest absolute Gasteiger partial charge is 0.162 e. The van der Waals surface area contributed by atoms with Crippen LogP contribution in [-0.2, 0) is 0 Å². The van der Waals surface area contributed by atoms with E-state index in [1.54, 1.807) is 11.3 Å². The van der Waals surface area contributed by atoms with Gasteiger partial charge in [0, 0.05) is 54.6 Å². The normalized spacial score (nSPS) is 16.5. The number of hydrogen-bond acceptors (Lipinski definition) is 4. The average Bonchev–Trinajstić information content (AvgIpc) is 3.90. The quantitative estimate of drug-likeness (QED) is 0.185. The molecule has 248 valence electrons. The molecule has 0 amide bonds. The number of allylic oxidation sites excluding steroid dienone is 5. The third-order valence-corrected chi connectivity index (χ3v) is 12.3. The summed E-state index contributed by atoms with van der Waals surface area (Å²) >= 11 is 1.72. The van der Waals surface area contributed by atoms with Gasteiger partial charge in [-0.3, -0.25) is 0 Å². The van der Waals surface area contributed by atoms with Crippen LogP contribution in [0.4, 0.5) is 0 Å². The Bertz CT molecular complexity index is 3250. The summed E-state index contributed by atoms with van der Waals surface area (Å²) in [6.45, 7) is 0. The minimum absolute atomic E-state index is 0.260. The molecule has 0 N–H and O–H groups in total. The number of aromatic nitrogens is 3. The zero-order chi connectivity index (χ0) is 34.6. The summed E-state index contributed by atoms with van der Waals surface area (Å²) < 4.78 is 10.6. The largest absolute Gasteiger partial charge is 0.454 e. The van der Waals surface area contributed by atoms with E-state index >= 15 is 0 Å². The van der Waals surface area contributed by atoms with Gasteiger partial charge in [-0.25, -0.2) is 9.97 Å². The summed E-state index contributed by atoms with van der Waals surface area (Å²) in [5.74, 6) is 1.29. The third kappa shape index (κ3) is 4.11. The van der Waals surface area contributed by atoms with E-state index in [4.69, 9.17) is 14.4 Å². The summed E-state index contributed by atoms with van der Waals surface area (Å²) in [5, 5.41) is 8.19. The molecule has 2 atom stereocenters. The Kier molecular flexibility index (Phi) is 6.02. The molecule has 2 aliphatic rings. The van der Waals surface area contributed by atoms with Gasteiger partial charge in [0.25, 0.3) is 0 Å². The van der Waals surface area contributed by atoms with Crippen molar-refractivity contribution in [1.82, 2.24) is 14.5 Å². The van der Waals surface area contributed by atoms with Gasteiger partial charge in [-0.1, -0.05) is 134 Å². The van der Waals surface area contributed by atoms with Crippen molar-refractivity contribution in [3.63, 3.8) is 0 Å². The highest BCUT2D eigenvalue weighted by atomic mass is 32.1. The molecule has 2 aliphatic carbocycles. The summed E-state index contributed by atoms with van der Waals surface area (Å²) in [6, 6.07) is 45.1. The molecule has 5 heteroatoms. The molecule has 0 fully saturated rings. The van der Waals surface area contributed by atoms with Gasteiger partial charge in [0.2, 0.25) is 0 Å². The van der Waals surface area contributed by atoms with Crippen LogP contribution in [0.15, 0.2) is 162 Å². The number of fused-ring (bicyclic) bond motifs is 13. The topological polar surface area (TPSA) is 43.9 Å². The lowest BCUT2D eigenvalue weighted by atomic mass is 9.78. The molecule has 10 aromatic rings. The minimum Gasteiger partial charge on any atom is -0.454 e. The van der Waals surface area contributed by atoms with E-state index < -0.39 is 0 Å². The molecule has 6 aromatic carbocycles. The Hall–Kier alpha value is -6.56. The molecule has 0 saturated carbocycles. The molecule has 0 spiro atoms. The summed E-state index contributed by atoms with van der Waals surface area (Å²) in [7, 11) is 0. The molecule has 4 nitrogen and oxygen atoms in total. The van der Waals surface area contributed by atoms with E-state index in [-0.39, 0.29) is 5.92 Å². The van der Waals surface area contributed by atoms with Crippen molar-refractivity contribution in [1.29, 1.82) is 0 Å². The monoisotopic (exact) mass is 695 g/mol. The number of hydrogen-bond donors (Lipinski definition) is 0. The van der Waals surface area contributed by atoms with Crippen molar-refractivity contribution in [2.45, 2.75) is 5.92 Å². The molecule has 0 saturated heterocycles. The Labute approximate surface area is 308 Å². The number of thiophene rings is 1. The second kappa shape index (κ2) is 11.0. The summed E-state index contributed by atoms with van der Waals surface area (Å²) in [5.41, 5.74) is 9.43. The standard InChI is InChI=1S/C48H29N3OS/c1-2-14-30(15-3-1)45-44-33-18-8-9-23-40(33)53-48(44)50-47(49-45)35-20-11-22-39-41(35)34-19-10-21-38(46(34)52-39)51-36-26-24-28-12-4-6-16-31(28)42(36)43-32-17-7-5-13-29(32)25-27-37(43)51/h1-28,31H. The molecule has 2 unspecified atom stereocenters. The van der Waals surface area contributed by atoms with E-state index in [0.717, 1.165) is 54.7 Å². The first-order chi connectivity index (χ1) is 26.3. The van der Waals surface area contributed by atoms with Crippen LogP contribution in [0.3, 0.4) is 0 Å².